The first kappa shape index (κ1) is 78.7. The maximum Gasteiger partial charge on any atom is 0.306 e. The third-order valence-corrected chi connectivity index (χ3v) is 15.2. The summed E-state index contributed by atoms with van der Waals surface area (Å²) < 4.78 is 34.3. The van der Waals surface area contributed by atoms with Crippen LogP contribution < -0.4 is 4.89 Å². The second-order valence-corrected chi connectivity index (χ2v) is 24.9. The molecule has 0 saturated heterocycles. The van der Waals surface area contributed by atoms with Gasteiger partial charge in [-0.2, -0.15) is 0 Å². The van der Waals surface area contributed by atoms with Crippen LogP contribution in [0.5, 0.6) is 0 Å². The number of rotatable bonds is 61. The zero-order valence-corrected chi connectivity index (χ0v) is 54.6. The van der Waals surface area contributed by atoms with Crippen molar-refractivity contribution in [2.75, 3.05) is 47.5 Å². The van der Waals surface area contributed by atoms with Crippen molar-refractivity contribution in [3.8, 4) is 0 Å². The molecule has 0 heterocycles. The van der Waals surface area contributed by atoms with Gasteiger partial charge in [-0.3, -0.25) is 14.2 Å². The highest BCUT2D eigenvalue weighted by Crippen LogP contribution is 2.38. The number of phosphoric ester groups is 1. The van der Waals surface area contributed by atoms with Gasteiger partial charge in [0.25, 0.3) is 7.82 Å². The lowest BCUT2D eigenvalue weighted by Crippen LogP contribution is -2.37. The summed E-state index contributed by atoms with van der Waals surface area (Å²) in [5.74, 6) is -0.832. The Morgan fingerprint density at radius 2 is 0.695 bits per heavy atom. The lowest BCUT2D eigenvalue weighted by Gasteiger charge is -2.28. The number of phosphoric acid groups is 1. The Labute approximate surface area is 506 Å². The number of carbonyl (C=O) groups is 2. The average Bonchev–Trinajstić information content (AvgIpc) is 3.46. The average molecular weight is 1160 g/mol. The normalized spacial score (nSPS) is 13.9. The third kappa shape index (κ3) is 65.8. The fraction of sp³-hybridized carbons (Fsp3) is 0.722. The highest BCUT2D eigenvalue weighted by molar-refractivity contribution is 7.45. The molecule has 0 aromatic carbocycles. The lowest BCUT2D eigenvalue weighted by molar-refractivity contribution is -0.870. The van der Waals surface area contributed by atoms with E-state index in [4.69, 9.17) is 18.5 Å². The van der Waals surface area contributed by atoms with Crippen molar-refractivity contribution in [3.63, 3.8) is 0 Å². The molecule has 10 heteroatoms. The Kier molecular flexibility index (Phi) is 59.7. The predicted molar refractivity (Wildman–Crippen MR) is 351 cm³/mol. The molecule has 0 fully saturated rings. The van der Waals surface area contributed by atoms with E-state index >= 15 is 0 Å². The summed E-state index contributed by atoms with van der Waals surface area (Å²) in [6.45, 7) is 4.14. The Balaban J connectivity index is 4.04. The molecule has 82 heavy (non-hydrogen) atoms. The topological polar surface area (TPSA) is 111 Å². The van der Waals surface area contributed by atoms with Gasteiger partial charge in [0.15, 0.2) is 6.10 Å². The molecule has 0 radical (unpaired) electrons. The Bertz CT molecular complexity index is 1750. The molecule has 0 rings (SSSR count). The van der Waals surface area contributed by atoms with Gasteiger partial charge in [0.05, 0.1) is 27.7 Å². The molecular formula is C72H126NO8P. The number of carbonyl (C=O) groups excluding carboxylic acids is 2. The predicted octanol–water partition coefficient (Wildman–Crippen LogP) is 21.1. The number of unbranched alkanes of at least 4 members (excludes halogenated alkanes) is 29. The number of esters is 2. The fourth-order valence-corrected chi connectivity index (χ4v) is 9.87. The second-order valence-electron chi connectivity index (χ2n) is 23.5. The number of hydrogen-bond acceptors (Lipinski definition) is 8. The molecule has 0 aliphatic rings. The standard InChI is InChI=1S/C72H126NO8P/c1-6-8-10-12-14-16-18-20-22-24-26-27-28-29-30-31-32-33-34-35-36-37-38-39-40-41-42-43-44-45-47-49-51-53-55-57-59-61-63-65-72(75)81-70(69-80-82(76,77)79-67-66-73(3,4)5)68-78-71(74)64-62-60-58-56-54-52-50-48-46-25-23-21-19-17-15-13-11-9-7-2/h8,10,14,16,20-23,26-27,29-30,32-33,35-36,38-39,70H,6-7,9,11-13,15,17-19,24-25,28,31,34,37,40-69H2,1-5H3/b10-8-,16-14-,22-20-,23-21-,27-26-,30-29-,33-32-,36-35-,39-38-. The van der Waals surface area contributed by atoms with E-state index in [0.29, 0.717) is 17.4 Å². The summed E-state index contributed by atoms with van der Waals surface area (Å²) in [6, 6.07) is 0. The molecule has 0 N–H and O–H groups in total. The van der Waals surface area contributed by atoms with Crippen molar-refractivity contribution in [1.82, 2.24) is 0 Å². The molecule has 0 spiro atoms. The van der Waals surface area contributed by atoms with E-state index in [1.54, 1.807) is 0 Å². The first-order valence-corrected chi connectivity index (χ1v) is 35.1. The Hall–Kier alpha value is -3.33. The summed E-state index contributed by atoms with van der Waals surface area (Å²) in [5, 5.41) is 0. The van der Waals surface area contributed by atoms with Gasteiger partial charge in [0, 0.05) is 12.8 Å². The summed E-state index contributed by atoms with van der Waals surface area (Å²) in [4.78, 5) is 38.0. The molecule has 0 aromatic heterocycles. The van der Waals surface area contributed by atoms with Gasteiger partial charge in [-0.25, -0.2) is 0 Å². The highest BCUT2D eigenvalue weighted by atomic mass is 31.2. The summed E-state index contributed by atoms with van der Waals surface area (Å²) in [7, 11) is 1.16. The zero-order valence-electron chi connectivity index (χ0n) is 53.7. The van der Waals surface area contributed by atoms with Crippen LogP contribution in [0.25, 0.3) is 0 Å². The summed E-state index contributed by atoms with van der Waals surface area (Å²) >= 11 is 0. The maximum absolute atomic E-state index is 12.8. The van der Waals surface area contributed by atoms with Gasteiger partial charge in [-0.05, 0) is 103 Å². The van der Waals surface area contributed by atoms with E-state index in [1.165, 1.54) is 161 Å². The summed E-state index contributed by atoms with van der Waals surface area (Å²) in [6.07, 6.45) is 87.3. The van der Waals surface area contributed by atoms with Crippen LogP contribution in [0.3, 0.4) is 0 Å². The fourth-order valence-electron chi connectivity index (χ4n) is 9.14. The van der Waals surface area contributed by atoms with Gasteiger partial charge in [0.2, 0.25) is 0 Å². The molecule has 2 unspecified atom stereocenters. The largest absolute Gasteiger partial charge is 0.756 e. The van der Waals surface area contributed by atoms with E-state index in [9.17, 15) is 19.0 Å². The maximum atomic E-state index is 12.8. The molecular weight excluding hydrogens is 1040 g/mol. The Morgan fingerprint density at radius 1 is 0.390 bits per heavy atom. The number of hydrogen-bond donors (Lipinski definition) is 0. The number of ether oxygens (including phenoxy) is 2. The molecule has 9 nitrogen and oxygen atoms in total. The van der Waals surface area contributed by atoms with Crippen LogP contribution in [0.15, 0.2) is 109 Å². The highest BCUT2D eigenvalue weighted by Gasteiger charge is 2.22. The van der Waals surface area contributed by atoms with E-state index in [-0.39, 0.29) is 32.0 Å². The number of likely N-dealkylation sites (N-methyl/N-ethyl adjacent to an activating group) is 1. The van der Waals surface area contributed by atoms with Crippen LogP contribution >= 0.6 is 7.82 Å². The van der Waals surface area contributed by atoms with Crippen molar-refractivity contribution >= 4 is 19.8 Å². The smallest absolute Gasteiger partial charge is 0.306 e. The Morgan fingerprint density at radius 3 is 1.05 bits per heavy atom. The van der Waals surface area contributed by atoms with Crippen LogP contribution in [0.2, 0.25) is 0 Å². The lowest BCUT2D eigenvalue weighted by atomic mass is 10.0. The van der Waals surface area contributed by atoms with E-state index in [0.717, 1.165) is 89.9 Å². The van der Waals surface area contributed by atoms with Crippen LogP contribution in [0.4, 0.5) is 0 Å². The van der Waals surface area contributed by atoms with Crippen molar-refractivity contribution in [3.05, 3.63) is 109 Å². The van der Waals surface area contributed by atoms with Gasteiger partial charge >= 0.3 is 11.9 Å². The monoisotopic (exact) mass is 1160 g/mol. The van der Waals surface area contributed by atoms with E-state index in [2.05, 4.69) is 123 Å². The number of allylic oxidation sites excluding steroid dienone is 18. The molecule has 0 aliphatic heterocycles. The van der Waals surface area contributed by atoms with Crippen LogP contribution in [0, 0.1) is 0 Å². The van der Waals surface area contributed by atoms with Gasteiger partial charge < -0.3 is 27.9 Å². The van der Waals surface area contributed by atoms with E-state index < -0.39 is 26.5 Å². The molecule has 2 atom stereocenters. The molecule has 472 valence electrons. The SMILES string of the molecule is CC/C=C\C/C=C\C/C=C\C/C=C\C/C=C\C/C=C\C/C=C\C/C=C\CCCCCCCCCCCCCCCCC(=O)OC(COC(=O)CCCCCCCCCCC/C=C\CCCCCCCC)COP(=O)([O-])OCC[N+](C)(C)C. The van der Waals surface area contributed by atoms with Gasteiger partial charge in [-0.1, -0.05) is 277 Å². The minimum absolute atomic E-state index is 0.0340. The molecule has 0 saturated carbocycles. The molecule has 0 aromatic rings. The van der Waals surface area contributed by atoms with Crippen molar-refractivity contribution < 1.29 is 42.1 Å². The quantitative estimate of drug-likeness (QED) is 0.0195. The van der Waals surface area contributed by atoms with Crippen molar-refractivity contribution in [1.29, 1.82) is 0 Å². The zero-order chi connectivity index (χ0) is 59.8. The van der Waals surface area contributed by atoms with Crippen LogP contribution in [-0.4, -0.2) is 70.0 Å². The summed E-state index contributed by atoms with van der Waals surface area (Å²) in [5.41, 5.74) is 0. The first-order chi connectivity index (χ1) is 40.0. The molecule has 0 amide bonds. The van der Waals surface area contributed by atoms with E-state index in [1.807, 2.05) is 21.1 Å². The van der Waals surface area contributed by atoms with Crippen LogP contribution in [-0.2, 0) is 32.7 Å². The van der Waals surface area contributed by atoms with Gasteiger partial charge in [-0.15, -0.1) is 0 Å². The minimum atomic E-state index is -4.64. The van der Waals surface area contributed by atoms with Crippen LogP contribution in [0.1, 0.15) is 284 Å². The van der Waals surface area contributed by atoms with Crippen molar-refractivity contribution in [2.24, 2.45) is 0 Å². The van der Waals surface area contributed by atoms with Crippen molar-refractivity contribution in [2.45, 2.75) is 290 Å². The molecule has 0 aliphatic carbocycles. The molecule has 0 bridgehead atoms. The third-order valence-electron chi connectivity index (χ3n) is 14.3. The number of nitrogens with zero attached hydrogens (tertiary/aromatic N) is 1. The first-order valence-electron chi connectivity index (χ1n) is 33.6. The second kappa shape index (κ2) is 62.2. The number of quaternary nitrogens is 1. The minimum Gasteiger partial charge on any atom is -0.756 e. The van der Waals surface area contributed by atoms with Gasteiger partial charge in [0.1, 0.15) is 19.8 Å².